The highest BCUT2D eigenvalue weighted by atomic mass is 19.1. The van der Waals surface area contributed by atoms with Crippen molar-refractivity contribution in [1.29, 1.82) is 0 Å². The summed E-state index contributed by atoms with van der Waals surface area (Å²) in [5.41, 5.74) is 5.91. The zero-order chi connectivity index (χ0) is 38.7. The van der Waals surface area contributed by atoms with Gasteiger partial charge in [0.1, 0.15) is 11.7 Å². The minimum absolute atomic E-state index is 0.127. The number of rotatable bonds is 10. The molecule has 9 rings (SSSR count). The van der Waals surface area contributed by atoms with E-state index in [2.05, 4.69) is 67.3 Å². The standard InChI is InChI=1S/C43H52FN9O3/c1-43(2,44)26-51-19-15-34-33-6-4-5-7-35(33)47-38(34)39(51)29-21-45-42(46-22-29)50-17-13-27(14-18-50)12-16-49(3)31-24-52(25-31)30-8-9-32-28(20-30)23-53(41(32)56)36-10-11-37(54)48-40(36)55/h4-9,20-22,27,31,36,39,47H,10-19,23-26H2,1-3H3,(H,48,54,55)/t36?,39-/m1/s1. The second-order valence-corrected chi connectivity index (χ2v) is 17.2. The number of halogens is 1. The van der Waals surface area contributed by atoms with Crippen LogP contribution in [-0.2, 0) is 22.6 Å². The molecule has 3 amide bonds. The fraction of sp³-hybridized carbons (Fsp3) is 0.512. The fourth-order valence-electron chi connectivity index (χ4n) is 9.65. The molecule has 0 spiro atoms. The Morgan fingerprint density at radius 3 is 2.46 bits per heavy atom. The monoisotopic (exact) mass is 761 g/mol. The molecule has 3 fully saturated rings. The van der Waals surface area contributed by atoms with Gasteiger partial charge >= 0.3 is 0 Å². The van der Waals surface area contributed by atoms with E-state index < -0.39 is 11.7 Å². The first-order chi connectivity index (χ1) is 27.0. The molecular formula is C43H52FN9O3. The molecule has 2 atom stereocenters. The number of H-pyrrole nitrogens is 1. The third-order valence-corrected chi connectivity index (χ3v) is 12.8. The first-order valence-corrected chi connectivity index (χ1v) is 20.3. The predicted octanol–water partition coefficient (Wildman–Crippen LogP) is 4.84. The van der Waals surface area contributed by atoms with Gasteiger partial charge in [0.2, 0.25) is 17.8 Å². The van der Waals surface area contributed by atoms with E-state index in [1.807, 2.05) is 24.5 Å². The van der Waals surface area contributed by atoms with Crippen molar-refractivity contribution in [1.82, 2.24) is 35.0 Å². The lowest BCUT2D eigenvalue weighted by molar-refractivity contribution is -0.136. The Morgan fingerprint density at radius 1 is 0.946 bits per heavy atom. The number of aromatic nitrogens is 3. The number of para-hydroxylation sites is 1. The minimum Gasteiger partial charge on any atom is -0.368 e. The number of aromatic amines is 1. The lowest BCUT2D eigenvalue weighted by atomic mass is 9.92. The molecule has 2 aromatic heterocycles. The van der Waals surface area contributed by atoms with Gasteiger partial charge in [-0.15, -0.1) is 0 Å². The topological polar surface area (TPSA) is 121 Å². The van der Waals surface area contributed by atoms with Crippen LogP contribution in [0, 0.1) is 5.92 Å². The summed E-state index contributed by atoms with van der Waals surface area (Å²) in [4.78, 5) is 61.6. The fourth-order valence-corrected chi connectivity index (χ4v) is 9.65. The summed E-state index contributed by atoms with van der Waals surface area (Å²) in [5, 5.41) is 3.62. The van der Waals surface area contributed by atoms with E-state index in [0.29, 0.717) is 37.0 Å². The molecule has 7 heterocycles. The van der Waals surface area contributed by atoms with Crippen molar-refractivity contribution in [2.45, 2.75) is 82.7 Å². The van der Waals surface area contributed by atoms with Gasteiger partial charge in [0.05, 0.1) is 6.04 Å². The molecule has 294 valence electrons. The molecule has 12 nitrogen and oxygen atoms in total. The third kappa shape index (κ3) is 7.04. The molecule has 13 heteroatoms. The Bertz CT molecular complexity index is 2130. The van der Waals surface area contributed by atoms with Crippen molar-refractivity contribution in [2.24, 2.45) is 5.92 Å². The molecule has 1 unspecified atom stereocenters. The first-order valence-electron chi connectivity index (χ1n) is 20.3. The first kappa shape index (κ1) is 36.7. The Hall–Kier alpha value is -4.88. The smallest absolute Gasteiger partial charge is 0.255 e. The van der Waals surface area contributed by atoms with Crippen LogP contribution < -0.4 is 15.1 Å². The van der Waals surface area contributed by atoms with Crippen molar-refractivity contribution in [2.75, 3.05) is 62.7 Å². The average Bonchev–Trinajstić information content (AvgIpc) is 3.70. The van der Waals surface area contributed by atoms with Crippen LogP contribution in [-0.4, -0.2) is 118 Å². The second-order valence-electron chi connectivity index (χ2n) is 17.2. The number of nitrogens with one attached hydrogen (secondary N) is 2. The number of imide groups is 1. The van der Waals surface area contributed by atoms with Gasteiger partial charge in [-0.3, -0.25) is 29.5 Å². The molecular weight excluding hydrogens is 710 g/mol. The summed E-state index contributed by atoms with van der Waals surface area (Å²) in [6.07, 6.45) is 8.79. The van der Waals surface area contributed by atoms with Crippen LogP contribution in [0.5, 0.6) is 0 Å². The summed E-state index contributed by atoms with van der Waals surface area (Å²) in [7, 11) is 2.23. The second kappa shape index (κ2) is 14.6. The number of hydrogen-bond acceptors (Lipinski definition) is 9. The minimum atomic E-state index is -1.32. The van der Waals surface area contributed by atoms with Gasteiger partial charge in [-0.05, 0) is 101 Å². The van der Waals surface area contributed by atoms with E-state index in [0.717, 1.165) is 98.9 Å². The van der Waals surface area contributed by atoms with Crippen molar-refractivity contribution in [3.05, 3.63) is 82.8 Å². The number of carbonyl (C=O) groups excluding carboxylic acids is 3. The maximum Gasteiger partial charge on any atom is 0.255 e. The van der Waals surface area contributed by atoms with Gasteiger partial charge < -0.3 is 19.7 Å². The van der Waals surface area contributed by atoms with Gasteiger partial charge in [0, 0.05) is 104 Å². The van der Waals surface area contributed by atoms with Crippen LogP contribution in [0.15, 0.2) is 54.9 Å². The van der Waals surface area contributed by atoms with Crippen molar-refractivity contribution in [3.8, 4) is 0 Å². The van der Waals surface area contributed by atoms with Crippen LogP contribution in [0.2, 0.25) is 0 Å². The zero-order valence-electron chi connectivity index (χ0n) is 32.6. The highest BCUT2D eigenvalue weighted by Crippen LogP contribution is 2.39. The summed E-state index contributed by atoms with van der Waals surface area (Å²) in [6, 6.07) is 14.2. The maximum atomic E-state index is 15.0. The van der Waals surface area contributed by atoms with E-state index in [4.69, 9.17) is 9.97 Å². The summed E-state index contributed by atoms with van der Waals surface area (Å²) >= 11 is 0. The summed E-state index contributed by atoms with van der Waals surface area (Å²) in [6.45, 7) is 9.62. The molecule has 4 aromatic rings. The van der Waals surface area contributed by atoms with Crippen LogP contribution >= 0.6 is 0 Å². The molecule has 0 aliphatic carbocycles. The van der Waals surface area contributed by atoms with Crippen LogP contribution in [0.3, 0.4) is 0 Å². The number of benzene rings is 2. The number of likely N-dealkylation sites (N-methyl/N-ethyl adjacent to an activating group) is 1. The Morgan fingerprint density at radius 2 is 1.71 bits per heavy atom. The molecule has 5 aliphatic rings. The van der Waals surface area contributed by atoms with Crippen LogP contribution in [0.25, 0.3) is 10.9 Å². The van der Waals surface area contributed by atoms with Gasteiger partial charge in [-0.1, -0.05) is 18.2 Å². The maximum absolute atomic E-state index is 15.0. The SMILES string of the molecule is CN(CCC1CCN(c2ncc([C@@H]3c4[nH]c5ccccc5c4CCN3CC(C)(C)F)cn2)CC1)C1CN(c2ccc3c(c2)CN(C2CCC(=O)NC2=O)C3=O)C1. The lowest BCUT2D eigenvalue weighted by Crippen LogP contribution is -2.58. The highest BCUT2D eigenvalue weighted by Gasteiger charge is 2.40. The number of piperidine rings is 2. The quantitative estimate of drug-likeness (QED) is 0.219. The number of amides is 3. The molecule has 2 aromatic carbocycles. The van der Waals surface area contributed by atoms with Gasteiger partial charge in [0.15, 0.2) is 0 Å². The highest BCUT2D eigenvalue weighted by molar-refractivity contribution is 6.05. The van der Waals surface area contributed by atoms with E-state index in [1.54, 1.807) is 18.7 Å². The van der Waals surface area contributed by atoms with Crippen LogP contribution in [0.1, 0.15) is 84.7 Å². The van der Waals surface area contributed by atoms with E-state index in [9.17, 15) is 14.4 Å². The lowest BCUT2D eigenvalue weighted by Gasteiger charge is -2.46. The zero-order valence-corrected chi connectivity index (χ0v) is 32.6. The van der Waals surface area contributed by atoms with Crippen molar-refractivity contribution in [3.63, 3.8) is 0 Å². The number of nitrogens with zero attached hydrogens (tertiary/aromatic N) is 7. The predicted molar refractivity (Wildman–Crippen MR) is 213 cm³/mol. The number of alkyl halides is 1. The van der Waals surface area contributed by atoms with E-state index in [-0.39, 0.29) is 30.2 Å². The molecule has 3 saturated heterocycles. The summed E-state index contributed by atoms with van der Waals surface area (Å²) in [5.74, 6) is 0.636. The number of hydrogen-bond donors (Lipinski definition) is 2. The molecule has 0 radical (unpaired) electrons. The van der Waals surface area contributed by atoms with Gasteiger partial charge in [-0.25, -0.2) is 14.4 Å². The Labute approximate surface area is 327 Å². The third-order valence-electron chi connectivity index (χ3n) is 12.8. The van der Waals surface area contributed by atoms with Crippen LogP contribution in [0.4, 0.5) is 16.0 Å². The molecule has 0 saturated carbocycles. The van der Waals surface area contributed by atoms with Gasteiger partial charge in [0.25, 0.3) is 5.91 Å². The number of fused-ring (bicyclic) bond motifs is 4. The van der Waals surface area contributed by atoms with E-state index >= 15 is 4.39 Å². The molecule has 56 heavy (non-hydrogen) atoms. The molecule has 0 bridgehead atoms. The number of anilines is 2. The molecule has 5 aliphatic heterocycles. The Kier molecular flexibility index (Phi) is 9.56. The summed E-state index contributed by atoms with van der Waals surface area (Å²) < 4.78 is 15.0. The average molecular weight is 762 g/mol. The van der Waals surface area contributed by atoms with Crippen molar-refractivity contribution >= 4 is 40.3 Å². The molecule has 2 N–H and O–H groups in total. The van der Waals surface area contributed by atoms with E-state index in [1.165, 1.54) is 10.9 Å². The van der Waals surface area contributed by atoms with Crippen molar-refractivity contribution < 1.29 is 18.8 Å². The Balaban J connectivity index is 0.758. The number of carbonyl (C=O) groups is 3. The largest absolute Gasteiger partial charge is 0.368 e. The van der Waals surface area contributed by atoms with Gasteiger partial charge in [-0.2, -0.15) is 0 Å². The normalized spacial score (nSPS) is 22.5.